The van der Waals surface area contributed by atoms with Gasteiger partial charge in [0.2, 0.25) is 0 Å². The van der Waals surface area contributed by atoms with Crippen LogP contribution in [0, 0.1) is 13.8 Å². The van der Waals surface area contributed by atoms with E-state index in [0.717, 1.165) is 16.7 Å². The molecule has 3 aromatic rings. The number of nitrogen functional groups attached to an aromatic ring is 1. The van der Waals surface area contributed by atoms with E-state index in [4.69, 9.17) is 5.73 Å². The van der Waals surface area contributed by atoms with Gasteiger partial charge in [-0.3, -0.25) is 0 Å². The lowest BCUT2D eigenvalue weighted by atomic mass is 9.79. The summed E-state index contributed by atoms with van der Waals surface area (Å²) in [6, 6.07) is 23.5. The van der Waals surface area contributed by atoms with Gasteiger partial charge in [-0.25, -0.2) is 0 Å². The monoisotopic (exact) mass is 317 g/mol. The summed E-state index contributed by atoms with van der Waals surface area (Å²) in [6.45, 7) is 4.20. The predicted molar refractivity (Wildman–Crippen MR) is 99.9 cm³/mol. The summed E-state index contributed by atoms with van der Waals surface area (Å²) in [5.74, 6) is 0. The number of anilines is 1. The second-order valence-electron chi connectivity index (χ2n) is 6.35. The second-order valence-corrected chi connectivity index (χ2v) is 6.35. The van der Waals surface area contributed by atoms with Crippen LogP contribution in [0.5, 0.6) is 0 Å². The van der Waals surface area contributed by atoms with Crippen LogP contribution in [-0.4, -0.2) is 5.11 Å². The normalized spacial score (nSPS) is 13.5. The van der Waals surface area contributed by atoms with Crippen LogP contribution in [0.25, 0.3) is 0 Å². The third-order valence-corrected chi connectivity index (χ3v) is 4.82. The van der Waals surface area contributed by atoms with Crippen molar-refractivity contribution in [3.05, 3.63) is 101 Å². The van der Waals surface area contributed by atoms with Crippen LogP contribution < -0.4 is 5.73 Å². The molecular weight excluding hydrogens is 294 g/mol. The third-order valence-electron chi connectivity index (χ3n) is 4.82. The largest absolute Gasteiger partial charge is 0.398 e. The van der Waals surface area contributed by atoms with Gasteiger partial charge in [0.1, 0.15) is 5.60 Å². The van der Waals surface area contributed by atoms with Crippen LogP contribution in [0.3, 0.4) is 0 Å². The van der Waals surface area contributed by atoms with Crippen LogP contribution in [0.4, 0.5) is 5.69 Å². The Hall–Kier alpha value is -2.58. The van der Waals surface area contributed by atoms with E-state index >= 15 is 0 Å². The summed E-state index contributed by atoms with van der Waals surface area (Å²) < 4.78 is 0. The van der Waals surface area contributed by atoms with Crippen molar-refractivity contribution in [1.82, 2.24) is 0 Å². The molecule has 24 heavy (non-hydrogen) atoms. The Bertz CT molecular complexity index is 842. The molecule has 2 heteroatoms. The van der Waals surface area contributed by atoms with Crippen LogP contribution in [-0.2, 0) is 12.0 Å². The van der Waals surface area contributed by atoms with Crippen molar-refractivity contribution < 1.29 is 5.11 Å². The summed E-state index contributed by atoms with van der Waals surface area (Å²) >= 11 is 0. The Kier molecular flexibility index (Phi) is 4.41. The molecular formula is C22H23NO. The number of benzene rings is 3. The summed E-state index contributed by atoms with van der Waals surface area (Å²) in [5.41, 5.74) is 10.8. The molecule has 1 unspecified atom stereocenters. The molecule has 122 valence electrons. The highest BCUT2D eigenvalue weighted by molar-refractivity contribution is 5.54. The molecule has 0 fully saturated rings. The van der Waals surface area contributed by atoms with Gasteiger partial charge in [-0.1, -0.05) is 66.7 Å². The maximum Gasteiger partial charge on any atom is 0.121 e. The lowest BCUT2D eigenvalue weighted by molar-refractivity contribution is 0.0817. The van der Waals surface area contributed by atoms with Gasteiger partial charge in [0.05, 0.1) is 0 Å². The van der Waals surface area contributed by atoms with Gasteiger partial charge in [0.15, 0.2) is 0 Å². The standard InChI is InChI=1S/C22H23NO/c1-16-9-8-10-18(17(16)2)15-22(24,19-11-4-3-5-12-19)20-13-6-7-14-21(20)23/h3-14,24H,15,23H2,1-2H3. The Morgan fingerprint density at radius 2 is 1.50 bits per heavy atom. The molecule has 0 saturated heterocycles. The summed E-state index contributed by atoms with van der Waals surface area (Å²) in [6.07, 6.45) is 0.485. The fourth-order valence-electron chi connectivity index (χ4n) is 3.22. The van der Waals surface area contributed by atoms with Crippen molar-refractivity contribution in [3.8, 4) is 0 Å². The number of hydrogen-bond acceptors (Lipinski definition) is 2. The molecule has 0 amide bonds. The van der Waals surface area contributed by atoms with Gasteiger partial charge in [-0.2, -0.15) is 0 Å². The number of hydrogen-bond donors (Lipinski definition) is 2. The minimum atomic E-state index is -1.16. The quantitative estimate of drug-likeness (QED) is 0.702. The van der Waals surface area contributed by atoms with Crippen molar-refractivity contribution >= 4 is 5.69 Å². The first-order valence-electron chi connectivity index (χ1n) is 8.20. The molecule has 0 heterocycles. The molecule has 0 radical (unpaired) electrons. The van der Waals surface area contributed by atoms with Gasteiger partial charge in [-0.05, 0) is 42.2 Å². The summed E-state index contributed by atoms with van der Waals surface area (Å²) in [4.78, 5) is 0. The van der Waals surface area contributed by atoms with Gasteiger partial charge >= 0.3 is 0 Å². The van der Waals surface area contributed by atoms with Crippen LogP contribution in [0.1, 0.15) is 27.8 Å². The minimum Gasteiger partial charge on any atom is -0.398 e. The van der Waals surface area contributed by atoms with E-state index in [1.54, 1.807) is 0 Å². The number of para-hydroxylation sites is 1. The molecule has 0 bridgehead atoms. The summed E-state index contributed by atoms with van der Waals surface area (Å²) in [7, 11) is 0. The molecule has 3 rings (SSSR count). The van der Waals surface area contributed by atoms with E-state index in [0.29, 0.717) is 12.1 Å². The SMILES string of the molecule is Cc1cccc(CC(O)(c2ccccc2)c2ccccc2N)c1C. The molecule has 0 aliphatic heterocycles. The maximum absolute atomic E-state index is 11.7. The maximum atomic E-state index is 11.7. The van der Waals surface area contributed by atoms with E-state index < -0.39 is 5.60 Å². The van der Waals surface area contributed by atoms with Crippen molar-refractivity contribution in [2.24, 2.45) is 0 Å². The zero-order chi connectivity index (χ0) is 17.2. The Morgan fingerprint density at radius 3 is 2.21 bits per heavy atom. The Balaban J connectivity index is 2.16. The smallest absolute Gasteiger partial charge is 0.121 e. The molecule has 0 saturated carbocycles. The van der Waals surface area contributed by atoms with Crippen molar-refractivity contribution in [2.45, 2.75) is 25.9 Å². The summed E-state index contributed by atoms with van der Waals surface area (Å²) in [5, 5.41) is 11.7. The van der Waals surface area contributed by atoms with E-state index in [2.05, 4.69) is 26.0 Å². The minimum absolute atomic E-state index is 0.485. The van der Waals surface area contributed by atoms with E-state index in [9.17, 15) is 5.11 Å². The van der Waals surface area contributed by atoms with E-state index in [-0.39, 0.29) is 0 Å². The van der Waals surface area contributed by atoms with E-state index in [1.807, 2.05) is 60.7 Å². The van der Waals surface area contributed by atoms with Gasteiger partial charge in [0, 0.05) is 17.7 Å². The lowest BCUT2D eigenvalue weighted by Crippen LogP contribution is -2.31. The highest BCUT2D eigenvalue weighted by atomic mass is 16.3. The first-order chi connectivity index (χ1) is 11.5. The molecule has 3 aromatic carbocycles. The highest BCUT2D eigenvalue weighted by Crippen LogP contribution is 2.37. The molecule has 0 aromatic heterocycles. The topological polar surface area (TPSA) is 46.2 Å². The molecule has 0 aliphatic rings. The van der Waals surface area contributed by atoms with Crippen LogP contribution in [0.2, 0.25) is 0 Å². The molecule has 2 nitrogen and oxygen atoms in total. The fourth-order valence-corrected chi connectivity index (χ4v) is 3.22. The van der Waals surface area contributed by atoms with Crippen molar-refractivity contribution in [3.63, 3.8) is 0 Å². The number of aryl methyl sites for hydroxylation is 1. The van der Waals surface area contributed by atoms with E-state index in [1.165, 1.54) is 11.1 Å². The zero-order valence-corrected chi connectivity index (χ0v) is 14.2. The number of nitrogens with two attached hydrogens (primary N) is 1. The van der Waals surface area contributed by atoms with Crippen LogP contribution in [0.15, 0.2) is 72.8 Å². The number of aliphatic hydroxyl groups is 1. The Labute approximate surface area is 143 Å². The molecule has 0 aliphatic carbocycles. The number of rotatable bonds is 4. The highest BCUT2D eigenvalue weighted by Gasteiger charge is 2.33. The Morgan fingerprint density at radius 1 is 0.833 bits per heavy atom. The lowest BCUT2D eigenvalue weighted by Gasteiger charge is -2.31. The average Bonchev–Trinajstić information content (AvgIpc) is 2.60. The average molecular weight is 317 g/mol. The first kappa shape index (κ1) is 16.3. The zero-order valence-electron chi connectivity index (χ0n) is 14.2. The second kappa shape index (κ2) is 6.50. The van der Waals surface area contributed by atoms with Crippen molar-refractivity contribution in [1.29, 1.82) is 0 Å². The molecule has 0 spiro atoms. The van der Waals surface area contributed by atoms with Gasteiger partial charge in [0.25, 0.3) is 0 Å². The predicted octanol–water partition coefficient (Wildman–Crippen LogP) is 4.36. The molecule has 1 atom stereocenters. The van der Waals surface area contributed by atoms with Crippen LogP contribution >= 0.6 is 0 Å². The fraction of sp³-hybridized carbons (Fsp3) is 0.182. The third kappa shape index (κ3) is 2.93. The van der Waals surface area contributed by atoms with Gasteiger partial charge < -0.3 is 10.8 Å². The molecule has 3 N–H and O–H groups in total. The van der Waals surface area contributed by atoms with Gasteiger partial charge in [-0.15, -0.1) is 0 Å². The van der Waals surface area contributed by atoms with Crippen molar-refractivity contribution in [2.75, 3.05) is 5.73 Å². The first-order valence-corrected chi connectivity index (χ1v) is 8.20.